The van der Waals surface area contributed by atoms with Crippen LogP contribution in [-0.2, 0) is 14.4 Å². The molecule has 168 valence electrons. The van der Waals surface area contributed by atoms with Crippen molar-refractivity contribution >= 4 is 23.8 Å². The van der Waals surface area contributed by atoms with E-state index in [9.17, 15) is 14.4 Å². The van der Waals surface area contributed by atoms with Crippen molar-refractivity contribution in [2.45, 2.75) is 84.6 Å². The summed E-state index contributed by atoms with van der Waals surface area (Å²) in [6.07, 6.45) is 2.90. The summed E-state index contributed by atoms with van der Waals surface area (Å²) in [6, 6.07) is -1.19. The summed E-state index contributed by atoms with van der Waals surface area (Å²) < 4.78 is 0. The van der Waals surface area contributed by atoms with Gasteiger partial charge in [0, 0.05) is 19.8 Å². The fourth-order valence-electron chi connectivity index (χ4n) is 3.31. The van der Waals surface area contributed by atoms with Crippen molar-refractivity contribution in [1.82, 2.24) is 20.9 Å². The number of amides is 2. The minimum atomic E-state index is -1.35. The number of hydrogen-bond donors (Lipinski definition) is 3. The highest BCUT2D eigenvalue weighted by atomic mass is 16.2. The molecule has 0 bridgehead atoms. The molecule has 0 rings (SSSR count). The summed E-state index contributed by atoms with van der Waals surface area (Å²) in [6.45, 7) is 11.4. The third kappa shape index (κ3) is 8.62. The van der Waals surface area contributed by atoms with E-state index in [-0.39, 0.29) is 17.9 Å². The SMILES string of the molecule is CCCC(NC)C(=O)NC(C)(C=O)NC(C)C(=O)N(C)C(CC(C)C)C(C)=NC. The van der Waals surface area contributed by atoms with Gasteiger partial charge in [0.25, 0.3) is 0 Å². The highest BCUT2D eigenvalue weighted by molar-refractivity contribution is 5.93. The summed E-state index contributed by atoms with van der Waals surface area (Å²) in [4.78, 5) is 43.2. The molecule has 0 aromatic heterocycles. The summed E-state index contributed by atoms with van der Waals surface area (Å²) in [5.74, 6) is -0.0532. The highest BCUT2D eigenvalue weighted by Gasteiger charge is 2.34. The Morgan fingerprint density at radius 3 is 2.24 bits per heavy atom. The van der Waals surface area contributed by atoms with E-state index in [1.807, 2.05) is 13.8 Å². The zero-order chi connectivity index (χ0) is 22.8. The average molecular weight is 412 g/mol. The van der Waals surface area contributed by atoms with Gasteiger partial charge in [0.05, 0.1) is 18.1 Å². The van der Waals surface area contributed by atoms with Crippen LogP contribution in [0.3, 0.4) is 0 Å². The van der Waals surface area contributed by atoms with Gasteiger partial charge in [-0.1, -0.05) is 27.2 Å². The quantitative estimate of drug-likeness (QED) is 0.241. The van der Waals surface area contributed by atoms with E-state index in [0.29, 0.717) is 18.6 Å². The van der Waals surface area contributed by atoms with Crippen molar-refractivity contribution in [3.63, 3.8) is 0 Å². The van der Waals surface area contributed by atoms with Crippen LogP contribution in [0.1, 0.15) is 60.8 Å². The fourth-order valence-corrected chi connectivity index (χ4v) is 3.31. The van der Waals surface area contributed by atoms with Gasteiger partial charge < -0.3 is 15.5 Å². The first kappa shape index (κ1) is 27.2. The molecule has 4 atom stereocenters. The predicted molar refractivity (Wildman–Crippen MR) is 118 cm³/mol. The molecular weight excluding hydrogens is 370 g/mol. The molecule has 0 heterocycles. The van der Waals surface area contributed by atoms with Gasteiger partial charge in [-0.3, -0.25) is 24.7 Å². The Bertz CT molecular complexity index is 579. The number of hydrogen-bond acceptors (Lipinski definition) is 6. The molecule has 2 amide bonds. The molecule has 0 spiro atoms. The van der Waals surface area contributed by atoms with Crippen LogP contribution in [0.25, 0.3) is 0 Å². The van der Waals surface area contributed by atoms with Crippen LogP contribution in [0.2, 0.25) is 0 Å². The van der Waals surface area contributed by atoms with Gasteiger partial charge in [-0.05, 0) is 46.6 Å². The number of nitrogens with one attached hydrogen (secondary N) is 3. The Kier molecular flexibility index (Phi) is 11.9. The number of rotatable bonds is 13. The van der Waals surface area contributed by atoms with Crippen molar-refractivity contribution in [3.05, 3.63) is 0 Å². The van der Waals surface area contributed by atoms with Gasteiger partial charge in [0.1, 0.15) is 5.66 Å². The van der Waals surface area contributed by atoms with E-state index in [4.69, 9.17) is 0 Å². The molecule has 0 saturated heterocycles. The van der Waals surface area contributed by atoms with Crippen LogP contribution in [0, 0.1) is 5.92 Å². The fraction of sp³-hybridized carbons (Fsp3) is 0.810. The van der Waals surface area contributed by atoms with Crippen molar-refractivity contribution < 1.29 is 14.4 Å². The average Bonchev–Trinajstić information content (AvgIpc) is 2.67. The molecule has 0 aromatic carbocycles. The summed E-state index contributed by atoms with van der Waals surface area (Å²) >= 11 is 0. The van der Waals surface area contributed by atoms with Gasteiger partial charge in [-0.25, -0.2) is 0 Å². The number of carbonyl (C=O) groups excluding carboxylic acids is 3. The first-order chi connectivity index (χ1) is 13.5. The lowest BCUT2D eigenvalue weighted by molar-refractivity contribution is -0.135. The largest absolute Gasteiger partial charge is 0.336 e. The van der Waals surface area contributed by atoms with Crippen LogP contribution >= 0.6 is 0 Å². The van der Waals surface area contributed by atoms with E-state index in [2.05, 4.69) is 34.8 Å². The van der Waals surface area contributed by atoms with Crippen LogP contribution in [0.4, 0.5) is 0 Å². The second-order valence-electron chi connectivity index (χ2n) is 8.26. The van der Waals surface area contributed by atoms with Crippen molar-refractivity contribution in [2.75, 3.05) is 21.1 Å². The van der Waals surface area contributed by atoms with Gasteiger partial charge in [-0.2, -0.15) is 0 Å². The Hall–Kier alpha value is -1.80. The molecule has 0 saturated carbocycles. The molecule has 3 N–H and O–H groups in total. The minimum Gasteiger partial charge on any atom is -0.336 e. The maximum absolute atomic E-state index is 13.0. The topological polar surface area (TPSA) is 103 Å². The van der Waals surface area contributed by atoms with Crippen LogP contribution in [0.15, 0.2) is 4.99 Å². The van der Waals surface area contributed by atoms with Crippen molar-refractivity contribution in [1.29, 1.82) is 0 Å². The Morgan fingerprint density at radius 2 is 1.83 bits per heavy atom. The molecule has 0 radical (unpaired) electrons. The van der Waals surface area contributed by atoms with E-state index in [1.165, 1.54) is 0 Å². The predicted octanol–water partition coefficient (Wildman–Crippen LogP) is 1.35. The summed E-state index contributed by atoms with van der Waals surface area (Å²) in [7, 11) is 5.17. The van der Waals surface area contributed by atoms with Crippen LogP contribution < -0.4 is 16.0 Å². The Labute approximate surface area is 176 Å². The number of aliphatic imine (C=N–C) groups is 1. The Morgan fingerprint density at radius 1 is 1.24 bits per heavy atom. The molecule has 8 heteroatoms. The normalized spacial score (nSPS) is 17.2. The molecule has 0 aliphatic heterocycles. The molecule has 4 unspecified atom stereocenters. The first-order valence-corrected chi connectivity index (χ1v) is 10.4. The maximum atomic E-state index is 13.0. The molecular formula is C21H41N5O3. The third-order valence-corrected chi connectivity index (χ3v) is 5.09. The summed E-state index contributed by atoms with van der Waals surface area (Å²) in [5, 5.41) is 8.66. The third-order valence-electron chi connectivity index (χ3n) is 5.09. The van der Waals surface area contributed by atoms with E-state index < -0.39 is 17.7 Å². The molecule has 0 aliphatic rings. The maximum Gasteiger partial charge on any atom is 0.239 e. The van der Waals surface area contributed by atoms with E-state index >= 15 is 0 Å². The highest BCUT2D eigenvalue weighted by Crippen LogP contribution is 2.14. The second kappa shape index (κ2) is 12.7. The zero-order valence-corrected chi connectivity index (χ0v) is 19.6. The Balaban J connectivity index is 5.31. The number of aldehydes is 1. The molecule has 0 fully saturated rings. The lowest BCUT2D eigenvalue weighted by Gasteiger charge is -2.35. The van der Waals surface area contributed by atoms with Crippen molar-refractivity contribution in [2.24, 2.45) is 10.9 Å². The first-order valence-electron chi connectivity index (χ1n) is 10.4. The standard InChI is InChI=1S/C21H41N5O3/c1-10-11-17(23-8)19(28)25-21(6,13-27)24-16(5)20(29)26(9)18(12-14(2)3)15(4)22-7/h13-14,16-18,23-24H,10-12H2,1-9H3,(H,25,28). The lowest BCUT2D eigenvalue weighted by atomic mass is 9.98. The van der Waals surface area contributed by atoms with Crippen LogP contribution in [-0.4, -0.2) is 73.6 Å². The molecule has 29 heavy (non-hydrogen) atoms. The van der Waals surface area contributed by atoms with Gasteiger partial charge >= 0.3 is 0 Å². The van der Waals surface area contributed by atoms with Gasteiger partial charge in [0.15, 0.2) is 6.29 Å². The number of nitrogens with zero attached hydrogens (tertiary/aromatic N) is 2. The second-order valence-corrected chi connectivity index (χ2v) is 8.26. The molecule has 0 aromatic rings. The zero-order valence-electron chi connectivity index (χ0n) is 19.6. The number of likely N-dealkylation sites (N-methyl/N-ethyl adjacent to an activating group) is 2. The lowest BCUT2D eigenvalue weighted by Crippen LogP contribution is -2.65. The summed E-state index contributed by atoms with van der Waals surface area (Å²) in [5.41, 5.74) is -0.471. The minimum absolute atomic E-state index is 0.118. The monoisotopic (exact) mass is 411 g/mol. The van der Waals surface area contributed by atoms with Crippen molar-refractivity contribution in [3.8, 4) is 0 Å². The number of carbonyl (C=O) groups is 3. The molecule has 8 nitrogen and oxygen atoms in total. The smallest absolute Gasteiger partial charge is 0.239 e. The van der Waals surface area contributed by atoms with Gasteiger partial charge in [-0.15, -0.1) is 0 Å². The molecule has 0 aliphatic carbocycles. The van der Waals surface area contributed by atoms with E-state index in [1.54, 1.807) is 39.9 Å². The van der Waals surface area contributed by atoms with Gasteiger partial charge in [0.2, 0.25) is 11.8 Å². The van der Waals surface area contributed by atoms with E-state index in [0.717, 1.165) is 18.6 Å². The van der Waals surface area contributed by atoms with Crippen LogP contribution in [0.5, 0.6) is 0 Å².